The van der Waals surface area contributed by atoms with Gasteiger partial charge in [0.25, 0.3) is 5.56 Å². The fraction of sp³-hybridized carbons (Fsp3) is 0.444. The van der Waals surface area contributed by atoms with E-state index < -0.39 is 17.3 Å². The maximum absolute atomic E-state index is 13.4. The number of hydrogen-bond acceptors (Lipinski definition) is 5. The lowest BCUT2D eigenvalue weighted by Gasteiger charge is -2.21. The van der Waals surface area contributed by atoms with Crippen molar-refractivity contribution in [3.05, 3.63) is 51.4 Å². The van der Waals surface area contributed by atoms with Crippen LogP contribution in [0.15, 0.2) is 29.2 Å². The molecule has 3 heterocycles. The van der Waals surface area contributed by atoms with Gasteiger partial charge in [-0.05, 0) is 18.1 Å². The summed E-state index contributed by atoms with van der Waals surface area (Å²) in [5, 5.41) is 5.42. The van der Waals surface area contributed by atoms with Gasteiger partial charge in [0.15, 0.2) is 0 Å². The molecule has 1 saturated heterocycles. The molecule has 1 aromatic heterocycles. The fourth-order valence-electron chi connectivity index (χ4n) is 3.52. The third kappa shape index (κ3) is 3.51. The van der Waals surface area contributed by atoms with E-state index in [1.54, 1.807) is 0 Å². The van der Waals surface area contributed by atoms with Gasteiger partial charge in [0.2, 0.25) is 0 Å². The van der Waals surface area contributed by atoms with E-state index in [-0.39, 0.29) is 18.8 Å². The Labute approximate surface area is 152 Å². The first-order valence-corrected chi connectivity index (χ1v) is 8.64. The summed E-state index contributed by atoms with van der Waals surface area (Å²) in [7, 11) is 0. The SMILES string of the molecule is O=c1[nH]ncc(N2Cc3cccc(OCC4CCOC4)c3C2)c1C(F)(F)F. The Bertz CT molecular complexity index is 891. The van der Waals surface area contributed by atoms with Crippen LogP contribution in [0.3, 0.4) is 0 Å². The zero-order valence-corrected chi connectivity index (χ0v) is 14.4. The summed E-state index contributed by atoms with van der Waals surface area (Å²) in [6.07, 6.45) is -2.77. The second-order valence-electron chi connectivity index (χ2n) is 6.75. The molecule has 27 heavy (non-hydrogen) atoms. The number of aromatic amines is 1. The van der Waals surface area contributed by atoms with Crippen molar-refractivity contribution in [2.24, 2.45) is 5.92 Å². The predicted octanol–water partition coefficient (Wildman–Crippen LogP) is 2.72. The summed E-state index contributed by atoms with van der Waals surface area (Å²) >= 11 is 0. The maximum Gasteiger partial charge on any atom is 0.423 e. The van der Waals surface area contributed by atoms with Crippen molar-refractivity contribution in [2.75, 3.05) is 24.7 Å². The van der Waals surface area contributed by atoms with Crippen molar-refractivity contribution >= 4 is 5.69 Å². The highest BCUT2D eigenvalue weighted by atomic mass is 19.4. The molecule has 1 N–H and O–H groups in total. The molecule has 1 unspecified atom stereocenters. The molecule has 0 saturated carbocycles. The molecule has 0 amide bonds. The molecule has 2 aliphatic heterocycles. The predicted molar refractivity (Wildman–Crippen MR) is 90.6 cm³/mol. The number of alkyl halides is 3. The van der Waals surface area contributed by atoms with E-state index in [0.29, 0.717) is 24.9 Å². The minimum Gasteiger partial charge on any atom is -0.493 e. The standard InChI is InChI=1S/C18H18F3N3O3/c19-18(20,21)16-14(6-22-23-17(16)25)24-7-12-2-1-3-15(13(12)8-24)27-10-11-4-5-26-9-11/h1-3,6,11H,4-5,7-10H2,(H,23,25). The van der Waals surface area contributed by atoms with Crippen LogP contribution in [0.25, 0.3) is 0 Å². The minimum absolute atomic E-state index is 0.223. The first-order chi connectivity index (χ1) is 12.9. The molecule has 0 radical (unpaired) electrons. The number of hydrogen-bond donors (Lipinski definition) is 1. The smallest absolute Gasteiger partial charge is 0.423 e. The zero-order chi connectivity index (χ0) is 19.0. The molecule has 2 aliphatic rings. The number of nitrogens with zero attached hydrogens (tertiary/aromatic N) is 2. The van der Waals surface area contributed by atoms with Gasteiger partial charge in [0, 0.05) is 31.2 Å². The van der Waals surface area contributed by atoms with Crippen LogP contribution in [0.5, 0.6) is 5.75 Å². The van der Waals surface area contributed by atoms with Gasteiger partial charge < -0.3 is 14.4 Å². The number of anilines is 1. The number of rotatable bonds is 4. The third-order valence-corrected chi connectivity index (χ3v) is 4.90. The molecular formula is C18H18F3N3O3. The molecule has 1 fully saturated rings. The van der Waals surface area contributed by atoms with Crippen LogP contribution in [0, 0.1) is 5.92 Å². The normalized spacial score (nSPS) is 19.4. The Hall–Kier alpha value is -2.55. The monoisotopic (exact) mass is 381 g/mol. The maximum atomic E-state index is 13.4. The number of H-pyrrole nitrogens is 1. The Morgan fingerprint density at radius 1 is 1.33 bits per heavy atom. The van der Waals surface area contributed by atoms with Gasteiger partial charge in [0.1, 0.15) is 11.3 Å². The summed E-state index contributed by atoms with van der Waals surface area (Å²) in [6, 6.07) is 5.50. The summed E-state index contributed by atoms with van der Waals surface area (Å²) in [4.78, 5) is 13.2. The number of benzene rings is 1. The number of ether oxygens (including phenoxy) is 2. The molecule has 1 aromatic carbocycles. The van der Waals surface area contributed by atoms with E-state index in [2.05, 4.69) is 5.10 Å². The highest BCUT2D eigenvalue weighted by Crippen LogP contribution is 2.39. The largest absolute Gasteiger partial charge is 0.493 e. The molecule has 0 aliphatic carbocycles. The molecular weight excluding hydrogens is 363 g/mol. The van der Waals surface area contributed by atoms with Crippen molar-refractivity contribution in [1.29, 1.82) is 0 Å². The summed E-state index contributed by atoms with van der Waals surface area (Å²) in [5.41, 5.74) is -0.976. The van der Waals surface area contributed by atoms with Crippen LogP contribution in [-0.2, 0) is 24.0 Å². The van der Waals surface area contributed by atoms with E-state index in [0.717, 1.165) is 30.4 Å². The number of aromatic nitrogens is 2. The Morgan fingerprint density at radius 3 is 2.93 bits per heavy atom. The average molecular weight is 381 g/mol. The van der Waals surface area contributed by atoms with Gasteiger partial charge >= 0.3 is 6.18 Å². The van der Waals surface area contributed by atoms with Gasteiger partial charge in [-0.1, -0.05) is 12.1 Å². The highest BCUT2D eigenvalue weighted by Gasteiger charge is 2.39. The van der Waals surface area contributed by atoms with Crippen LogP contribution in [0.1, 0.15) is 23.1 Å². The lowest BCUT2D eigenvalue weighted by atomic mass is 10.1. The quantitative estimate of drug-likeness (QED) is 0.882. The van der Waals surface area contributed by atoms with Crippen LogP contribution in [0.4, 0.5) is 18.9 Å². The minimum atomic E-state index is -4.76. The van der Waals surface area contributed by atoms with E-state index in [1.807, 2.05) is 23.3 Å². The van der Waals surface area contributed by atoms with E-state index >= 15 is 0 Å². The highest BCUT2D eigenvalue weighted by molar-refractivity contribution is 5.58. The molecule has 1 atom stereocenters. The lowest BCUT2D eigenvalue weighted by Crippen LogP contribution is -2.28. The second kappa shape index (κ2) is 6.88. The number of fused-ring (bicyclic) bond motifs is 1. The summed E-state index contributed by atoms with van der Waals surface area (Å²) in [5.74, 6) is 0.986. The molecule has 144 valence electrons. The van der Waals surface area contributed by atoms with E-state index in [9.17, 15) is 18.0 Å². The van der Waals surface area contributed by atoms with Crippen molar-refractivity contribution in [2.45, 2.75) is 25.7 Å². The van der Waals surface area contributed by atoms with Gasteiger partial charge in [-0.3, -0.25) is 4.79 Å². The number of nitrogens with one attached hydrogen (secondary N) is 1. The topological polar surface area (TPSA) is 67.5 Å². The van der Waals surface area contributed by atoms with Crippen molar-refractivity contribution in [1.82, 2.24) is 10.2 Å². The Morgan fingerprint density at radius 2 is 2.19 bits per heavy atom. The summed E-state index contributed by atoms with van der Waals surface area (Å²) < 4.78 is 51.3. The van der Waals surface area contributed by atoms with Gasteiger partial charge in [-0.2, -0.15) is 18.3 Å². The first kappa shape index (κ1) is 17.8. The second-order valence-corrected chi connectivity index (χ2v) is 6.75. The summed E-state index contributed by atoms with van der Waals surface area (Å²) in [6.45, 7) is 2.38. The fourth-order valence-corrected chi connectivity index (χ4v) is 3.52. The molecule has 2 aromatic rings. The molecule has 0 spiro atoms. The first-order valence-electron chi connectivity index (χ1n) is 8.64. The van der Waals surface area contributed by atoms with E-state index in [4.69, 9.17) is 9.47 Å². The zero-order valence-electron chi connectivity index (χ0n) is 14.4. The van der Waals surface area contributed by atoms with Gasteiger partial charge in [-0.15, -0.1) is 0 Å². The van der Waals surface area contributed by atoms with Gasteiger partial charge in [0.05, 0.1) is 25.1 Å². The van der Waals surface area contributed by atoms with Crippen LogP contribution in [-0.4, -0.2) is 30.0 Å². The molecule has 0 bridgehead atoms. The van der Waals surface area contributed by atoms with Crippen LogP contribution in [0.2, 0.25) is 0 Å². The molecule has 4 rings (SSSR count). The third-order valence-electron chi connectivity index (χ3n) is 4.90. The Kier molecular flexibility index (Phi) is 4.55. The molecule has 9 heteroatoms. The Balaban J connectivity index is 1.59. The average Bonchev–Trinajstić information content (AvgIpc) is 3.28. The van der Waals surface area contributed by atoms with Crippen LogP contribution < -0.4 is 15.2 Å². The van der Waals surface area contributed by atoms with Crippen molar-refractivity contribution < 1.29 is 22.6 Å². The van der Waals surface area contributed by atoms with Crippen molar-refractivity contribution in [3.8, 4) is 5.75 Å². The van der Waals surface area contributed by atoms with E-state index in [1.165, 1.54) is 4.90 Å². The number of halogens is 3. The lowest BCUT2D eigenvalue weighted by molar-refractivity contribution is -0.138. The molecule has 6 nitrogen and oxygen atoms in total. The van der Waals surface area contributed by atoms with Crippen LogP contribution >= 0.6 is 0 Å². The van der Waals surface area contributed by atoms with Gasteiger partial charge in [-0.25, -0.2) is 5.10 Å². The van der Waals surface area contributed by atoms with Crippen molar-refractivity contribution in [3.63, 3.8) is 0 Å².